The molecule has 17 heavy (non-hydrogen) atoms. The number of ether oxygens (including phenoxy) is 1. The van der Waals surface area contributed by atoms with Crippen LogP contribution in [0.25, 0.3) is 0 Å². The number of rotatable bonds is 4. The second-order valence-corrected chi connectivity index (χ2v) is 5.18. The van der Waals surface area contributed by atoms with Crippen molar-refractivity contribution in [3.05, 3.63) is 18.0 Å². The van der Waals surface area contributed by atoms with Gasteiger partial charge in [-0.25, -0.2) is 0 Å². The van der Waals surface area contributed by atoms with E-state index in [0.717, 1.165) is 38.5 Å². The smallest absolute Gasteiger partial charge is 0.0653 e. The van der Waals surface area contributed by atoms with Crippen molar-refractivity contribution in [1.29, 1.82) is 0 Å². The van der Waals surface area contributed by atoms with Crippen molar-refractivity contribution in [3.8, 4) is 0 Å². The molecule has 1 saturated carbocycles. The minimum Gasteiger partial charge on any atom is -0.390 e. The Balaban J connectivity index is 1.82. The minimum absolute atomic E-state index is 0.341. The summed E-state index contributed by atoms with van der Waals surface area (Å²) in [5.41, 5.74) is 0.708. The van der Waals surface area contributed by atoms with Crippen LogP contribution in [0.15, 0.2) is 12.4 Å². The lowest BCUT2D eigenvalue weighted by molar-refractivity contribution is -0.0478. The number of aromatic nitrogens is 2. The Bertz CT molecular complexity index is 354. The van der Waals surface area contributed by atoms with Crippen LogP contribution in [0.5, 0.6) is 0 Å². The molecule has 1 heterocycles. The average Bonchev–Trinajstić information content (AvgIpc) is 2.74. The van der Waals surface area contributed by atoms with Gasteiger partial charge in [-0.3, -0.25) is 4.68 Å². The molecule has 1 fully saturated rings. The second-order valence-electron chi connectivity index (χ2n) is 5.18. The lowest BCUT2D eigenvalue weighted by atomic mass is 9.80. The summed E-state index contributed by atoms with van der Waals surface area (Å²) < 4.78 is 7.13. The van der Waals surface area contributed by atoms with E-state index in [0.29, 0.717) is 6.10 Å². The summed E-state index contributed by atoms with van der Waals surface area (Å²) in [5, 5.41) is 14.6. The molecule has 0 unspecified atom stereocenters. The molecule has 0 bridgehead atoms. The molecule has 4 heteroatoms. The molecule has 4 nitrogen and oxygen atoms in total. The van der Waals surface area contributed by atoms with Crippen molar-refractivity contribution in [2.75, 3.05) is 7.11 Å². The van der Waals surface area contributed by atoms with Crippen molar-refractivity contribution in [2.24, 2.45) is 7.05 Å². The summed E-state index contributed by atoms with van der Waals surface area (Å²) in [6.07, 6.45) is 9.62. The lowest BCUT2D eigenvalue weighted by Crippen LogP contribution is -2.36. The highest BCUT2D eigenvalue weighted by atomic mass is 16.5. The molecule has 1 aliphatic rings. The first-order valence-corrected chi connectivity index (χ1v) is 6.34. The zero-order chi connectivity index (χ0) is 12.3. The van der Waals surface area contributed by atoms with E-state index in [4.69, 9.17) is 4.74 Å². The highest BCUT2D eigenvalue weighted by Crippen LogP contribution is 2.33. The molecule has 0 spiro atoms. The van der Waals surface area contributed by atoms with Crippen molar-refractivity contribution < 1.29 is 9.84 Å². The van der Waals surface area contributed by atoms with Crippen molar-refractivity contribution in [1.82, 2.24) is 9.78 Å². The van der Waals surface area contributed by atoms with Gasteiger partial charge in [0.2, 0.25) is 0 Å². The van der Waals surface area contributed by atoms with Crippen LogP contribution >= 0.6 is 0 Å². The zero-order valence-electron chi connectivity index (χ0n) is 10.7. The Morgan fingerprint density at radius 1 is 1.53 bits per heavy atom. The van der Waals surface area contributed by atoms with E-state index >= 15 is 0 Å². The highest BCUT2D eigenvalue weighted by Gasteiger charge is 2.32. The average molecular weight is 238 g/mol. The molecule has 0 saturated heterocycles. The fourth-order valence-corrected chi connectivity index (χ4v) is 2.59. The molecule has 1 aliphatic carbocycles. The maximum absolute atomic E-state index is 10.5. The maximum atomic E-state index is 10.5. The molecule has 0 aliphatic heterocycles. The largest absolute Gasteiger partial charge is 0.390 e. The van der Waals surface area contributed by atoms with Gasteiger partial charge < -0.3 is 9.84 Å². The van der Waals surface area contributed by atoms with Crippen LogP contribution in [-0.4, -0.2) is 33.7 Å². The van der Waals surface area contributed by atoms with Gasteiger partial charge in [-0.1, -0.05) is 0 Å². The zero-order valence-corrected chi connectivity index (χ0v) is 10.7. The Kier molecular flexibility index (Phi) is 3.84. The van der Waals surface area contributed by atoms with E-state index in [9.17, 15) is 5.11 Å². The third-order valence-corrected chi connectivity index (χ3v) is 3.83. The predicted molar refractivity (Wildman–Crippen MR) is 65.7 cm³/mol. The van der Waals surface area contributed by atoms with Crippen LogP contribution in [-0.2, 0) is 18.2 Å². The number of aliphatic hydroxyl groups is 1. The molecule has 0 atom stereocenters. The molecule has 2 rings (SSSR count). The van der Waals surface area contributed by atoms with Gasteiger partial charge in [0.15, 0.2) is 0 Å². The monoisotopic (exact) mass is 238 g/mol. The third kappa shape index (κ3) is 3.30. The first-order chi connectivity index (χ1) is 8.11. The fourth-order valence-electron chi connectivity index (χ4n) is 2.59. The Hall–Kier alpha value is -0.870. The summed E-state index contributed by atoms with van der Waals surface area (Å²) in [6, 6.07) is 0. The van der Waals surface area contributed by atoms with Gasteiger partial charge in [-0.15, -0.1) is 0 Å². The highest BCUT2D eigenvalue weighted by molar-refractivity contribution is 5.05. The molecule has 0 radical (unpaired) electrons. The molecule has 1 aromatic rings. The summed E-state index contributed by atoms with van der Waals surface area (Å²) in [6.45, 7) is 0. The molecule has 1 N–H and O–H groups in total. The van der Waals surface area contributed by atoms with Gasteiger partial charge >= 0.3 is 0 Å². The first-order valence-electron chi connectivity index (χ1n) is 6.34. The standard InChI is InChI=1S/C13H22N2O2/c1-15-10-11(9-14-15)3-6-13(16)7-4-12(17-2)5-8-13/h9-10,12,16H,3-8H2,1-2H3. The summed E-state index contributed by atoms with van der Waals surface area (Å²) in [4.78, 5) is 0. The number of aryl methyl sites for hydroxylation is 2. The van der Waals surface area contributed by atoms with Crippen LogP contribution in [0.3, 0.4) is 0 Å². The van der Waals surface area contributed by atoms with E-state index in [2.05, 4.69) is 5.10 Å². The fraction of sp³-hybridized carbons (Fsp3) is 0.769. The number of nitrogens with zero attached hydrogens (tertiary/aromatic N) is 2. The van der Waals surface area contributed by atoms with Crippen LogP contribution < -0.4 is 0 Å². The normalized spacial score (nSPS) is 29.5. The molecule has 0 aromatic carbocycles. The van der Waals surface area contributed by atoms with Gasteiger partial charge in [0, 0.05) is 20.4 Å². The van der Waals surface area contributed by atoms with E-state index in [1.165, 1.54) is 5.56 Å². The molecule has 1 aromatic heterocycles. The quantitative estimate of drug-likeness (QED) is 0.868. The van der Waals surface area contributed by atoms with Gasteiger partial charge in [-0.05, 0) is 44.1 Å². The SMILES string of the molecule is COC1CCC(O)(CCc2cnn(C)c2)CC1. The Labute approximate surface area is 103 Å². The lowest BCUT2D eigenvalue weighted by Gasteiger charge is -2.35. The predicted octanol–water partition coefficient (Wildman–Crippen LogP) is 1.67. The third-order valence-electron chi connectivity index (χ3n) is 3.83. The van der Waals surface area contributed by atoms with Gasteiger partial charge in [-0.2, -0.15) is 5.10 Å². The number of methoxy groups -OCH3 is 1. The first kappa shape index (κ1) is 12.6. The van der Waals surface area contributed by atoms with Crippen LogP contribution in [0, 0.1) is 0 Å². The Morgan fingerprint density at radius 2 is 2.24 bits per heavy atom. The van der Waals surface area contributed by atoms with Gasteiger partial charge in [0.1, 0.15) is 0 Å². The Morgan fingerprint density at radius 3 is 2.76 bits per heavy atom. The van der Waals surface area contributed by atoms with Crippen molar-refractivity contribution >= 4 is 0 Å². The minimum atomic E-state index is -0.495. The summed E-state index contributed by atoms with van der Waals surface area (Å²) >= 11 is 0. The summed E-state index contributed by atoms with van der Waals surface area (Å²) in [5.74, 6) is 0. The van der Waals surface area contributed by atoms with E-state index in [-0.39, 0.29) is 0 Å². The molecule has 96 valence electrons. The number of hydrogen-bond donors (Lipinski definition) is 1. The van der Waals surface area contributed by atoms with Crippen LogP contribution in [0.2, 0.25) is 0 Å². The van der Waals surface area contributed by atoms with Crippen LogP contribution in [0.4, 0.5) is 0 Å². The van der Waals surface area contributed by atoms with Crippen molar-refractivity contribution in [2.45, 2.75) is 50.2 Å². The second kappa shape index (κ2) is 5.19. The van der Waals surface area contributed by atoms with Crippen LogP contribution in [0.1, 0.15) is 37.7 Å². The maximum Gasteiger partial charge on any atom is 0.0653 e. The van der Waals surface area contributed by atoms with Gasteiger partial charge in [0.05, 0.1) is 17.9 Å². The molecular weight excluding hydrogens is 216 g/mol. The van der Waals surface area contributed by atoms with Gasteiger partial charge in [0.25, 0.3) is 0 Å². The van der Waals surface area contributed by atoms with E-state index in [1.54, 1.807) is 11.8 Å². The number of hydrogen-bond acceptors (Lipinski definition) is 3. The van der Waals surface area contributed by atoms with E-state index < -0.39 is 5.60 Å². The summed E-state index contributed by atoms with van der Waals surface area (Å²) in [7, 11) is 3.67. The van der Waals surface area contributed by atoms with E-state index in [1.807, 2.05) is 19.4 Å². The van der Waals surface area contributed by atoms with Crippen molar-refractivity contribution in [3.63, 3.8) is 0 Å². The molecule has 0 amide bonds. The molecular formula is C13H22N2O2. The topological polar surface area (TPSA) is 47.3 Å².